The summed E-state index contributed by atoms with van der Waals surface area (Å²) in [5, 5.41) is 0.487. The van der Waals surface area contributed by atoms with E-state index < -0.39 is 5.97 Å². The predicted octanol–water partition coefficient (Wildman–Crippen LogP) is 4.08. The Labute approximate surface area is 139 Å². The molecule has 0 atom stereocenters. The van der Waals surface area contributed by atoms with Gasteiger partial charge in [0.25, 0.3) is 0 Å². The zero-order chi connectivity index (χ0) is 16.2. The van der Waals surface area contributed by atoms with Gasteiger partial charge in [0.15, 0.2) is 5.70 Å². The molecule has 0 bridgehead atoms. The van der Waals surface area contributed by atoms with E-state index in [4.69, 9.17) is 21.1 Å². The lowest BCUT2D eigenvalue weighted by molar-refractivity contribution is -0.129. The molecule has 1 aliphatic rings. The first-order chi connectivity index (χ1) is 11.2. The van der Waals surface area contributed by atoms with Gasteiger partial charge in [0.2, 0.25) is 5.90 Å². The Morgan fingerprint density at radius 2 is 1.91 bits per heavy atom. The monoisotopic (exact) mass is 327 g/mol. The number of aliphatic imine (C=N–C) groups is 1. The highest BCUT2D eigenvalue weighted by atomic mass is 35.5. The van der Waals surface area contributed by atoms with Gasteiger partial charge in [-0.05, 0) is 42.8 Å². The van der Waals surface area contributed by atoms with Gasteiger partial charge in [-0.3, -0.25) is 0 Å². The van der Waals surface area contributed by atoms with Gasteiger partial charge in [-0.25, -0.2) is 9.79 Å². The van der Waals surface area contributed by atoms with Gasteiger partial charge in [0.1, 0.15) is 5.75 Å². The minimum Gasteiger partial charge on any atom is -0.494 e. The van der Waals surface area contributed by atoms with E-state index in [0.29, 0.717) is 17.2 Å². The van der Waals surface area contributed by atoms with E-state index in [1.54, 1.807) is 24.3 Å². The summed E-state index contributed by atoms with van der Waals surface area (Å²) in [5.74, 6) is 0.510. The molecule has 2 aromatic carbocycles. The molecule has 0 unspecified atom stereocenters. The second-order valence-corrected chi connectivity index (χ2v) is 5.23. The standard InChI is InChI=1S/C18H14ClNO3/c1-2-22-13-9-7-12(8-10-13)11-16-18(21)23-17(20-16)14-5-3-4-6-15(14)19/h3-11H,2H2,1H3/b16-11-. The van der Waals surface area contributed by atoms with E-state index in [1.165, 1.54) is 0 Å². The van der Waals surface area contributed by atoms with Crippen LogP contribution in [0.25, 0.3) is 6.08 Å². The molecule has 0 amide bonds. The third-order valence-corrected chi connectivity index (χ3v) is 3.55. The number of esters is 1. The lowest BCUT2D eigenvalue weighted by Gasteiger charge is -2.02. The number of cyclic esters (lactones) is 1. The van der Waals surface area contributed by atoms with Crippen molar-refractivity contribution >= 4 is 29.5 Å². The van der Waals surface area contributed by atoms with Crippen molar-refractivity contribution < 1.29 is 14.3 Å². The van der Waals surface area contributed by atoms with Crippen LogP contribution >= 0.6 is 11.6 Å². The summed E-state index contributed by atoms with van der Waals surface area (Å²) in [4.78, 5) is 16.2. The average molecular weight is 328 g/mol. The molecule has 23 heavy (non-hydrogen) atoms. The molecule has 0 aromatic heterocycles. The molecule has 2 aromatic rings. The van der Waals surface area contributed by atoms with Crippen LogP contribution in [0.1, 0.15) is 18.1 Å². The molecule has 0 saturated carbocycles. The third kappa shape index (κ3) is 3.43. The summed E-state index contributed by atoms with van der Waals surface area (Å²) < 4.78 is 10.6. The van der Waals surface area contributed by atoms with Gasteiger partial charge in [-0.2, -0.15) is 0 Å². The Hall–Kier alpha value is -2.59. The first kappa shape index (κ1) is 15.3. The zero-order valence-corrected chi connectivity index (χ0v) is 13.2. The van der Waals surface area contributed by atoms with Crippen LogP contribution in [-0.4, -0.2) is 18.5 Å². The summed E-state index contributed by atoms with van der Waals surface area (Å²) in [6, 6.07) is 14.5. The van der Waals surface area contributed by atoms with Gasteiger partial charge in [0.05, 0.1) is 17.2 Å². The molecular formula is C18H14ClNO3. The van der Waals surface area contributed by atoms with E-state index >= 15 is 0 Å². The summed E-state index contributed by atoms with van der Waals surface area (Å²) >= 11 is 6.10. The topological polar surface area (TPSA) is 47.9 Å². The van der Waals surface area contributed by atoms with Crippen molar-refractivity contribution in [2.24, 2.45) is 4.99 Å². The van der Waals surface area contributed by atoms with Crippen molar-refractivity contribution in [1.82, 2.24) is 0 Å². The minimum absolute atomic E-state index is 0.220. The largest absolute Gasteiger partial charge is 0.494 e. The van der Waals surface area contributed by atoms with Crippen LogP contribution in [-0.2, 0) is 9.53 Å². The van der Waals surface area contributed by atoms with Gasteiger partial charge in [-0.1, -0.05) is 35.9 Å². The van der Waals surface area contributed by atoms with E-state index in [2.05, 4.69) is 4.99 Å². The van der Waals surface area contributed by atoms with Crippen LogP contribution in [0.5, 0.6) is 5.75 Å². The molecule has 0 fully saturated rings. The van der Waals surface area contributed by atoms with Crippen LogP contribution in [0, 0.1) is 0 Å². The molecule has 0 N–H and O–H groups in total. The Kier molecular flexibility index (Phi) is 4.44. The van der Waals surface area contributed by atoms with Crippen LogP contribution in [0.4, 0.5) is 0 Å². The fourth-order valence-electron chi connectivity index (χ4n) is 2.14. The molecule has 5 heteroatoms. The Bertz CT molecular complexity index is 794. The van der Waals surface area contributed by atoms with Gasteiger partial charge < -0.3 is 9.47 Å². The lowest BCUT2D eigenvalue weighted by atomic mass is 10.2. The smallest absolute Gasteiger partial charge is 0.363 e. The summed E-state index contributed by atoms with van der Waals surface area (Å²) in [6.07, 6.45) is 1.67. The highest BCUT2D eigenvalue weighted by Crippen LogP contribution is 2.24. The maximum atomic E-state index is 12.0. The zero-order valence-electron chi connectivity index (χ0n) is 12.5. The SMILES string of the molecule is CCOc1ccc(/C=C2\N=C(c3ccccc3Cl)OC2=O)cc1. The van der Waals surface area contributed by atoms with Gasteiger partial charge >= 0.3 is 5.97 Å². The molecule has 0 radical (unpaired) electrons. The molecular weight excluding hydrogens is 314 g/mol. The lowest BCUT2D eigenvalue weighted by Crippen LogP contribution is -2.05. The Balaban J connectivity index is 1.87. The second kappa shape index (κ2) is 6.67. The minimum atomic E-state index is -0.492. The number of benzene rings is 2. The normalized spacial score (nSPS) is 15.5. The number of hydrogen-bond acceptors (Lipinski definition) is 4. The van der Waals surface area contributed by atoms with Crippen molar-refractivity contribution in [3.05, 3.63) is 70.4 Å². The Morgan fingerprint density at radius 3 is 2.61 bits per heavy atom. The second-order valence-electron chi connectivity index (χ2n) is 4.82. The molecule has 0 saturated heterocycles. The summed E-state index contributed by atoms with van der Waals surface area (Å²) in [6.45, 7) is 2.54. The summed E-state index contributed by atoms with van der Waals surface area (Å²) in [5.41, 5.74) is 1.67. The van der Waals surface area contributed by atoms with E-state index in [0.717, 1.165) is 11.3 Å². The molecule has 116 valence electrons. The number of ether oxygens (including phenoxy) is 2. The summed E-state index contributed by atoms with van der Waals surface area (Å²) in [7, 11) is 0. The highest BCUT2D eigenvalue weighted by molar-refractivity contribution is 6.34. The van der Waals surface area contributed by atoms with E-state index in [9.17, 15) is 4.79 Å². The number of rotatable bonds is 4. The number of nitrogens with zero attached hydrogens (tertiary/aromatic N) is 1. The number of halogens is 1. The number of hydrogen-bond donors (Lipinski definition) is 0. The van der Waals surface area contributed by atoms with Crippen LogP contribution < -0.4 is 4.74 Å². The first-order valence-electron chi connectivity index (χ1n) is 7.17. The molecule has 4 nitrogen and oxygen atoms in total. The third-order valence-electron chi connectivity index (χ3n) is 3.22. The van der Waals surface area contributed by atoms with Gasteiger partial charge in [0, 0.05) is 0 Å². The van der Waals surface area contributed by atoms with Crippen molar-refractivity contribution in [2.45, 2.75) is 6.92 Å². The van der Waals surface area contributed by atoms with Gasteiger partial charge in [-0.15, -0.1) is 0 Å². The number of carbonyl (C=O) groups is 1. The van der Waals surface area contributed by atoms with Crippen LogP contribution in [0.3, 0.4) is 0 Å². The molecule has 1 heterocycles. The predicted molar refractivity (Wildman–Crippen MR) is 89.7 cm³/mol. The van der Waals surface area contributed by atoms with Crippen molar-refractivity contribution in [3.63, 3.8) is 0 Å². The van der Waals surface area contributed by atoms with Crippen LogP contribution in [0.2, 0.25) is 5.02 Å². The highest BCUT2D eigenvalue weighted by Gasteiger charge is 2.25. The van der Waals surface area contributed by atoms with Crippen molar-refractivity contribution in [3.8, 4) is 5.75 Å². The maximum Gasteiger partial charge on any atom is 0.363 e. The van der Waals surface area contributed by atoms with Crippen LogP contribution in [0.15, 0.2) is 59.2 Å². The number of carbonyl (C=O) groups excluding carboxylic acids is 1. The van der Waals surface area contributed by atoms with E-state index in [1.807, 2.05) is 37.3 Å². The quantitative estimate of drug-likeness (QED) is 0.628. The fourth-order valence-corrected chi connectivity index (χ4v) is 2.36. The fraction of sp³-hybridized carbons (Fsp3) is 0.111. The first-order valence-corrected chi connectivity index (χ1v) is 7.55. The Morgan fingerprint density at radius 1 is 1.17 bits per heavy atom. The average Bonchev–Trinajstić information content (AvgIpc) is 2.91. The van der Waals surface area contributed by atoms with E-state index in [-0.39, 0.29) is 11.6 Å². The molecule has 0 spiro atoms. The molecule has 1 aliphatic heterocycles. The molecule has 3 rings (SSSR count). The molecule has 0 aliphatic carbocycles. The van der Waals surface area contributed by atoms with Crippen molar-refractivity contribution in [1.29, 1.82) is 0 Å². The maximum absolute atomic E-state index is 12.0. The van der Waals surface area contributed by atoms with Crippen molar-refractivity contribution in [2.75, 3.05) is 6.61 Å².